The average Bonchev–Trinajstić information content (AvgIpc) is 3.51. The van der Waals surface area contributed by atoms with Crippen molar-refractivity contribution in [2.45, 2.75) is 19.0 Å². The van der Waals surface area contributed by atoms with E-state index >= 15 is 0 Å². The van der Waals surface area contributed by atoms with Gasteiger partial charge in [0.25, 0.3) is 0 Å². The van der Waals surface area contributed by atoms with Gasteiger partial charge < -0.3 is 30.1 Å². The molecule has 0 spiro atoms. The van der Waals surface area contributed by atoms with Crippen molar-refractivity contribution in [3.05, 3.63) is 72.1 Å². The summed E-state index contributed by atoms with van der Waals surface area (Å²) in [6.07, 6.45) is 3.22. The molecule has 0 aliphatic carbocycles. The molecule has 2 unspecified atom stereocenters. The third-order valence-electron chi connectivity index (χ3n) is 5.65. The van der Waals surface area contributed by atoms with E-state index in [-0.39, 0.29) is 24.1 Å². The van der Waals surface area contributed by atoms with E-state index < -0.39 is 0 Å². The minimum absolute atomic E-state index is 0.0955. The Bertz CT molecular complexity index is 1080. The Balaban J connectivity index is 1.55. The first-order chi connectivity index (χ1) is 16.7. The largest absolute Gasteiger partial charge is 0.468 e. The Kier molecular flexibility index (Phi) is 8.93. The van der Waals surface area contributed by atoms with Crippen LogP contribution in [0.2, 0.25) is 0 Å². The van der Waals surface area contributed by atoms with E-state index in [9.17, 15) is 9.59 Å². The molecular weight excluding hydrogens is 448 g/mol. The maximum Gasteiger partial charge on any atom is 0.319 e. The summed E-state index contributed by atoms with van der Waals surface area (Å²) in [5.41, 5.74) is 2.03. The Morgan fingerprint density at radius 1 is 0.800 bits per heavy atom. The maximum absolute atomic E-state index is 12.6. The van der Waals surface area contributed by atoms with Gasteiger partial charge in [0.05, 0.1) is 24.6 Å². The second kappa shape index (κ2) is 12.1. The van der Waals surface area contributed by atoms with Gasteiger partial charge in [-0.2, -0.15) is 0 Å². The lowest BCUT2D eigenvalue weighted by atomic mass is 10.2. The standard InChI is InChI=1S/C25H34N6O4/c1-17-10-11-18(28-24(32)26-15-20(30(2)3)22-8-6-12-34-22)14-19(17)29-25(33)27-16-21(31(4)5)23-9-7-13-35-23/h6-14,20-21H,15-16H2,1-5H3,(H2,26,28,32)(H2,27,29,33). The lowest BCUT2D eigenvalue weighted by Crippen LogP contribution is -2.37. The molecule has 0 radical (unpaired) electrons. The number of hydrogen-bond acceptors (Lipinski definition) is 6. The monoisotopic (exact) mass is 482 g/mol. The number of nitrogens with one attached hydrogen (secondary N) is 4. The molecule has 2 atom stereocenters. The molecule has 4 amide bonds. The first-order valence-electron chi connectivity index (χ1n) is 11.3. The third-order valence-corrected chi connectivity index (χ3v) is 5.65. The summed E-state index contributed by atoms with van der Waals surface area (Å²) in [5.74, 6) is 1.54. The lowest BCUT2D eigenvalue weighted by Gasteiger charge is -2.23. The quantitative estimate of drug-likeness (QED) is 0.347. The number of urea groups is 2. The number of furan rings is 2. The zero-order chi connectivity index (χ0) is 25.4. The number of nitrogens with zero attached hydrogens (tertiary/aromatic N) is 2. The van der Waals surface area contributed by atoms with Crippen molar-refractivity contribution in [3.63, 3.8) is 0 Å². The molecule has 0 saturated heterocycles. The number of carbonyl (C=O) groups is 2. The van der Waals surface area contributed by atoms with Crippen molar-refractivity contribution in [2.75, 3.05) is 51.9 Å². The number of hydrogen-bond donors (Lipinski definition) is 4. The summed E-state index contributed by atoms with van der Waals surface area (Å²) in [4.78, 5) is 29.0. The maximum atomic E-state index is 12.6. The highest BCUT2D eigenvalue weighted by atomic mass is 16.3. The molecule has 0 aliphatic rings. The molecule has 0 fully saturated rings. The number of anilines is 2. The molecule has 0 saturated carbocycles. The van der Waals surface area contributed by atoms with E-state index in [1.807, 2.05) is 75.2 Å². The summed E-state index contributed by atoms with van der Waals surface area (Å²) in [6.45, 7) is 2.62. The summed E-state index contributed by atoms with van der Waals surface area (Å²) in [5, 5.41) is 11.4. The van der Waals surface area contributed by atoms with Crippen molar-refractivity contribution in [3.8, 4) is 0 Å². The number of likely N-dealkylation sites (N-methyl/N-ethyl adjacent to an activating group) is 2. The first kappa shape index (κ1) is 25.9. The molecule has 0 aliphatic heterocycles. The van der Waals surface area contributed by atoms with Gasteiger partial charge in [0.1, 0.15) is 11.5 Å². The van der Waals surface area contributed by atoms with Crippen LogP contribution in [0, 0.1) is 6.92 Å². The SMILES string of the molecule is Cc1ccc(NC(=O)NCC(c2ccco2)N(C)C)cc1NC(=O)NCC(c1ccco1)N(C)C. The molecule has 1 aromatic carbocycles. The zero-order valence-electron chi connectivity index (χ0n) is 20.8. The van der Waals surface area contributed by atoms with E-state index in [4.69, 9.17) is 8.83 Å². The normalized spacial score (nSPS) is 12.9. The van der Waals surface area contributed by atoms with E-state index in [0.717, 1.165) is 17.1 Å². The Labute approximate surface area is 205 Å². The fourth-order valence-electron chi connectivity index (χ4n) is 3.59. The highest BCUT2D eigenvalue weighted by Gasteiger charge is 2.19. The van der Waals surface area contributed by atoms with Crippen LogP contribution in [0.1, 0.15) is 29.2 Å². The Morgan fingerprint density at radius 2 is 1.31 bits per heavy atom. The second-order valence-electron chi connectivity index (χ2n) is 8.69. The molecule has 3 aromatic rings. The van der Waals surface area contributed by atoms with Crippen LogP contribution in [0.4, 0.5) is 21.0 Å². The summed E-state index contributed by atoms with van der Waals surface area (Å²) in [6, 6.07) is 11.8. The van der Waals surface area contributed by atoms with Crippen LogP contribution in [-0.4, -0.2) is 63.1 Å². The molecule has 2 heterocycles. The minimum atomic E-state index is -0.352. The number of amides is 4. The van der Waals surface area contributed by atoms with Gasteiger partial charge in [-0.25, -0.2) is 9.59 Å². The van der Waals surface area contributed by atoms with E-state index in [2.05, 4.69) is 21.3 Å². The fraction of sp³-hybridized carbons (Fsp3) is 0.360. The van der Waals surface area contributed by atoms with Gasteiger partial charge in [-0.05, 0) is 77.1 Å². The van der Waals surface area contributed by atoms with Crippen molar-refractivity contribution < 1.29 is 18.4 Å². The van der Waals surface area contributed by atoms with Crippen molar-refractivity contribution >= 4 is 23.4 Å². The predicted molar refractivity (Wildman–Crippen MR) is 135 cm³/mol. The van der Waals surface area contributed by atoms with Crippen LogP contribution in [0.5, 0.6) is 0 Å². The third kappa shape index (κ3) is 7.36. The molecule has 188 valence electrons. The summed E-state index contributed by atoms with van der Waals surface area (Å²) in [7, 11) is 7.69. The zero-order valence-corrected chi connectivity index (χ0v) is 20.8. The Morgan fingerprint density at radius 3 is 1.77 bits per heavy atom. The summed E-state index contributed by atoms with van der Waals surface area (Å²) < 4.78 is 11.0. The van der Waals surface area contributed by atoms with Gasteiger partial charge in [-0.1, -0.05) is 6.07 Å². The molecule has 4 N–H and O–H groups in total. The van der Waals surface area contributed by atoms with E-state index in [1.165, 1.54) is 0 Å². The van der Waals surface area contributed by atoms with Crippen molar-refractivity contribution in [1.82, 2.24) is 20.4 Å². The minimum Gasteiger partial charge on any atom is -0.468 e. The van der Waals surface area contributed by atoms with Gasteiger partial charge in [0.2, 0.25) is 0 Å². The molecule has 3 rings (SSSR count). The van der Waals surface area contributed by atoms with Gasteiger partial charge in [0.15, 0.2) is 0 Å². The van der Waals surface area contributed by atoms with Crippen molar-refractivity contribution in [1.29, 1.82) is 0 Å². The lowest BCUT2D eigenvalue weighted by molar-refractivity contribution is 0.233. The van der Waals surface area contributed by atoms with E-state index in [0.29, 0.717) is 24.5 Å². The van der Waals surface area contributed by atoms with Gasteiger partial charge in [0, 0.05) is 24.5 Å². The van der Waals surface area contributed by atoms with Crippen molar-refractivity contribution in [2.24, 2.45) is 0 Å². The molecule has 10 heteroatoms. The first-order valence-corrected chi connectivity index (χ1v) is 11.3. The van der Waals surface area contributed by atoms with Gasteiger partial charge in [-0.3, -0.25) is 9.80 Å². The molecular formula is C25H34N6O4. The number of aryl methyl sites for hydroxylation is 1. The number of carbonyl (C=O) groups excluding carboxylic acids is 2. The second-order valence-corrected chi connectivity index (χ2v) is 8.69. The van der Waals surface area contributed by atoms with Gasteiger partial charge in [-0.15, -0.1) is 0 Å². The van der Waals surface area contributed by atoms with Crippen LogP contribution in [0.15, 0.2) is 63.8 Å². The van der Waals surface area contributed by atoms with Crippen LogP contribution < -0.4 is 21.3 Å². The molecule has 2 aromatic heterocycles. The topological polar surface area (TPSA) is 115 Å². The highest BCUT2D eigenvalue weighted by Crippen LogP contribution is 2.22. The average molecular weight is 483 g/mol. The van der Waals surface area contributed by atoms with Crippen LogP contribution in [0.3, 0.4) is 0 Å². The van der Waals surface area contributed by atoms with Crippen LogP contribution >= 0.6 is 0 Å². The highest BCUT2D eigenvalue weighted by molar-refractivity contribution is 5.93. The molecule has 0 bridgehead atoms. The van der Waals surface area contributed by atoms with E-state index in [1.54, 1.807) is 24.7 Å². The number of rotatable bonds is 10. The molecule has 10 nitrogen and oxygen atoms in total. The van der Waals surface area contributed by atoms with Crippen LogP contribution in [-0.2, 0) is 0 Å². The van der Waals surface area contributed by atoms with Crippen LogP contribution in [0.25, 0.3) is 0 Å². The Hall–Kier alpha value is -3.76. The summed E-state index contributed by atoms with van der Waals surface area (Å²) >= 11 is 0. The molecule has 35 heavy (non-hydrogen) atoms. The van der Waals surface area contributed by atoms with Gasteiger partial charge >= 0.3 is 12.1 Å². The predicted octanol–water partition coefficient (Wildman–Crippen LogP) is 4.03. The number of benzene rings is 1. The fourth-order valence-corrected chi connectivity index (χ4v) is 3.59. The smallest absolute Gasteiger partial charge is 0.319 e.